The van der Waals surface area contributed by atoms with E-state index in [-0.39, 0.29) is 0 Å². The molecule has 3 heteroatoms. The van der Waals surface area contributed by atoms with Crippen molar-refractivity contribution in [3.05, 3.63) is 29.3 Å². The van der Waals surface area contributed by atoms with Crippen molar-refractivity contribution >= 4 is 12.6 Å². The van der Waals surface area contributed by atoms with Gasteiger partial charge in [-0.2, -0.15) is 0 Å². The molecule has 1 aromatic carbocycles. The zero-order valence-electron chi connectivity index (χ0n) is 20.8. The maximum Gasteiger partial charge on any atom is 0.488 e. The van der Waals surface area contributed by atoms with Crippen LogP contribution in [0, 0.1) is 0 Å². The molecule has 0 saturated heterocycles. The largest absolute Gasteiger partial charge is 0.488 e. The topological polar surface area (TPSA) is 40.5 Å². The van der Waals surface area contributed by atoms with Crippen LogP contribution < -0.4 is 5.46 Å². The Morgan fingerprint density at radius 1 is 0.484 bits per heavy atom. The normalized spacial score (nSPS) is 11.2. The number of unbranched alkanes of at least 4 members (excludes halogenated alkanes) is 16. The molecule has 0 unspecified atom stereocenters. The molecule has 0 amide bonds. The second-order valence-corrected chi connectivity index (χ2v) is 9.61. The third-order valence-electron chi connectivity index (χ3n) is 6.51. The summed E-state index contributed by atoms with van der Waals surface area (Å²) in [5.74, 6) is 0. The molecule has 0 fully saturated rings. The zero-order chi connectivity index (χ0) is 22.6. The summed E-state index contributed by atoms with van der Waals surface area (Å²) in [6.45, 7) is 4.54. The first-order valence-corrected chi connectivity index (χ1v) is 13.7. The monoisotopic (exact) mass is 430 g/mol. The third kappa shape index (κ3) is 15.6. The second-order valence-electron chi connectivity index (χ2n) is 9.61. The molecule has 0 aliphatic rings. The summed E-state index contributed by atoms with van der Waals surface area (Å²) < 4.78 is 0. The van der Waals surface area contributed by atoms with Crippen LogP contribution in [0.5, 0.6) is 0 Å². The van der Waals surface area contributed by atoms with Crippen LogP contribution in [0.3, 0.4) is 0 Å². The van der Waals surface area contributed by atoms with Crippen molar-refractivity contribution in [3.63, 3.8) is 0 Å². The Kier molecular flexibility index (Phi) is 18.1. The molecule has 2 N–H and O–H groups in total. The molecule has 1 aromatic rings. The lowest BCUT2D eigenvalue weighted by atomic mass is 9.78. The van der Waals surface area contributed by atoms with E-state index < -0.39 is 7.12 Å². The standard InChI is InChI=1S/C28H51BO2/c1-3-5-7-9-11-13-15-17-19-21-26-23-27(25-28(24-26)29(30)31)22-20-18-16-14-12-10-8-6-4-2/h23-25,30-31H,3-22H2,1-2H3. The maximum atomic E-state index is 9.69. The van der Waals surface area contributed by atoms with Gasteiger partial charge in [0.05, 0.1) is 0 Å². The van der Waals surface area contributed by atoms with Gasteiger partial charge in [-0.05, 0) is 42.3 Å². The molecule has 0 aromatic heterocycles. The van der Waals surface area contributed by atoms with Crippen LogP contribution in [0.2, 0.25) is 0 Å². The molecule has 178 valence electrons. The summed E-state index contributed by atoms with van der Waals surface area (Å²) in [6.07, 6.45) is 26.3. The van der Waals surface area contributed by atoms with E-state index in [0.29, 0.717) is 5.46 Å². The highest BCUT2D eigenvalue weighted by molar-refractivity contribution is 6.58. The lowest BCUT2D eigenvalue weighted by Crippen LogP contribution is -2.30. The second kappa shape index (κ2) is 19.9. The Morgan fingerprint density at radius 2 is 0.806 bits per heavy atom. The van der Waals surface area contributed by atoms with Crippen LogP contribution in [-0.4, -0.2) is 17.2 Å². The fraction of sp³-hybridized carbons (Fsp3) is 0.786. The lowest BCUT2D eigenvalue weighted by molar-refractivity contribution is 0.425. The minimum Gasteiger partial charge on any atom is -0.423 e. The summed E-state index contributed by atoms with van der Waals surface area (Å²) in [5, 5.41) is 19.4. The lowest BCUT2D eigenvalue weighted by Gasteiger charge is -2.10. The van der Waals surface area contributed by atoms with Gasteiger partial charge in [0.15, 0.2) is 0 Å². The van der Waals surface area contributed by atoms with Crippen LogP contribution in [0.15, 0.2) is 18.2 Å². The van der Waals surface area contributed by atoms with Crippen molar-refractivity contribution in [2.75, 3.05) is 0 Å². The molecule has 0 saturated carbocycles. The van der Waals surface area contributed by atoms with Crippen molar-refractivity contribution in [1.29, 1.82) is 0 Å². The van der Waals surface area contributed by atoms with Gasteiger partial charge in [-0.3, -0.25) is 0 Å². The van der Waals surface area contributed by atoms with E-state index >= 15 is 0 Å². The van der Waals surface area contributed by atoms with E-state index in [0.717, 1.165) is 12.8 Å². The van der Waals surface area contributed by atoms with Crippen LogP contribution in [0.4, 0.5) is 0 Å². The molecule has 1 rings (SSSR count). The summed E-state index contributed by atoms with van der Waals surface area (Å²) in [5.41, 5.74) is 3.22. The number of aryl methyl sites for hydroxylation is 2. The van der Waals surface area contributed by atoms with Crippen molar-refractivity contribution in [2.24, 2.45) is 0 Å². The number of hydrogen-bond donors (Lipinski definition) is 2. The number of rotatable bonds is 21. The number of benzene rings is 1. The summed E-state index contributed by atoms with van der Waals surface area (Å²) in [6, 6.07) is 6.30. The molecular weight excluding hydrogens is 379 g/mol. The Bertz CT molecular complexity index is 489. The van der Waals surface area contributed by atoms with Crippen molar-refractivity contribution in [3.8, 4) is 0 Å². The van der Waals surface area contributed by atoms with Crippen LogP contribution in [0.1, 0.15) is 141 Å². The summed E-state index contributed by atoms with van der Waals surface area (Å²) in [7, 11) is -1.36. The van der Waals surface area contributed by atoms with E-state index in [9.17, 15) is 10.0 Å². The highest BCUT2D eigenvalue weighted by atomic mass is 16.4. The minimum absolute atomic E-state index is 0.666. The van der Waals surface area contributed by atoms with Crippen LogP contribution in [-0.2, 0) is 12.8 Å². The molecule has 31 heavy (non-hydrogen) atoms. The van der Waals surface area contributed by atoms with Gasteiger partial charge in [0, 0.05) is 0 Å². The average Bonchev–Trinajstić information content (AvgIpc) is 2.76. The smallest absolute Gasteiger partial charge is 0.423 e. The third-order valence-corrected chi connectivity index (χ3v) is 6.51. The Hall–Kier alpha value is -0.795. The minimum atomic E-state index is -1.36. The molecule has 0 radical (unpaired) electrons. The maximum absolute atomic E-state index is 9.69. The Labute approximate surface area is 194 Å². The quantitative estimate of drug-likeness (QED) is 0.156. The molecule has 0 spiro atoms. The molecule has 0 aliphatic carbocycles. The molecule has 0 heterocycles. The first kappa shape index (κ1) is 28.2. The summed E-state index contributed by atoms with van der Waals surface area (Å²) >= 11 is 0. The van der Waals surface area contributed by atoms with E-state index in [4.69, 9.17) is 0 Å². The highest BCUT2D eigenvalue weighted by Gasteiger charge is 2.13. The average molecular weight is 431 g/mol. The van der Waals surface area contributed by atoms with Crippen molar-refractivity contribution in [1.82, 2.24) is 0 Å². The van der Waals surface area contributed by atoms with Gasteiger partial charge < -0.3 is 10.0 Å². The predicted octanol–water partition coefficient (Wildman–Crippen LogP) is 7.51. The number of hydrogen-bond acceptors (Lipinski definition) is 2. The van der Waals surface area contributed by atoms with Crippen molar-refractivity contribution < 1.29 is 10.0 Å². The first-order chi connectivity index (χ1) is 15.2. The highest BCUT2D eigenvalue weighted by Crippen LogP contribution is 2.15. The first-order valence-electron chi connectivity index (χ1n) is 13.7. The Balaban J connectivity index is 2.26. The van der Waals surface area contributed by atoms with Gasteiger partial charge in [-0.15, -0.1) is 0 Å². The van der Waals surface area contributed by atoms with E-state index in [2.05, 4.69) is 19.9 Å². The fourth-order valence-electron chi connectivity index (χ4n) is 4.51. The van der Waals surface area contributed by atoms with E-state index in [1.54, 1.807) is 0 Å². The predicted molar refractivity (Wildman–Crippen MR) is 138 cm³/mol. The van der Waals surface area contributed by atoms with Gasteiger partial charge in [0.2, 0.25) is 0 Å². The van der Waals surface area contributed by atoms with E-state index in [1.165, 1.54) is 127 Å². The fourth-order valence-corrected chi connectivity index (χ4v) is 4.51. The molecule has 0 aliphatic heterocycles. The SMILES string of the molecule is CCCCCCCCCCCc1cc(CCCCCCCCCCC)cc(B(O)O)c1. The molecular formula is C28H51BO2. The molecule has 2 nitrogen and oxygen atoms in total. The van der Waals surface area contributed by atoms with Gasteiger partial charge in [-0.25, -0.2) is 0 Å². The van der Waals surface area contributed by atoms with Gasteiger partial charge in [-0.1, -0.05) is 135 Å². The Morgan fingerprint density at radius 3 is 1.13 bits per heavy atom. The van der Waals surface area contributed by atoms with Crippen molar-refractivity contribution in [2.45, 2.75) is 142 Å². The van der Waals surface area contributed by atoms with Gasteiger partial charge in [0.25, 0.3) is 0 Å². The summed E-state index contributed by atoms with van der Waals surface area (Å²) in [4.78, 5) is 0. The zero-order valence-corrected chi connectivity index (χ0v) is 20.8. The van der Waals surface area contributed by atoms with Crippen LogP contribution >= 0.6 is 0 Å². The van der Waals surface area contributed by atoms with Gasteiger partial charge >= 0.3 is 7.12 Å². The molecule has 0 atom stereocenters. The molecule has 0 bridgehead atoms. The van der Waals surface area contributed by atoms with E-state index in [1.807, 2.05) is 12.1 Å². The van der Waals surface area contributed by atoms with Crippen LogP contribution in [0.25, 0.3) is 0 Å². The van der Waals surface area contributed by atoms with Gasteiger partial charge in [0.1, 0.15) is 0 Å².